The van der Waals surface area contributed by atoms with Crippen LogP contribution in [0.4, 0.5) is 0 Å². The largest absolute Gasteiger partial charge is 0.481 e. The van der Waals surface area contributed by atoms with Crippen molar-refractivity contribution in [2.45, 2.75) is 52.7 Å². The normalized spacial score (nSPS) is 41.6. The van der Waals surface area contributed by atoms with Gasteiger partial charge in [0.15, 0.2) is 5.41 Å². The molecule has 3 fully saturated rings. The standard InChI is InChI=1S/C16H21NO4/c1-8(15(2,3)4)13(18)20-11-9-5-10-12(11)21-14(19)16(10,6-9)7-17/h9-12,18H,5-6H2,1-4H3. The minimum absolute atomic E-state index is 0.0782. The van der Waals surface area contributed by atoms with Gasteiger partial charge in [0.2, 0.25) is 0 Å². The summed E-state index contributed by atoms with van der Waals surface area (Å²) in [5, 5.41) is 19.6. The van der Waals surface area contributed by atoms with Crippen molar-refractivity contribution in [2.24, 2.45) is 22.7 Å². The van der Waals surface area contributed by atoms with E-state index in [0.29, 0.717) is 6.42 Å². The number of allylic oxidation sites excluding steroid dienone is 1. The summed E-state index contributed by atoms with van der Waals surface area (Å²) >= 11 is 0. The highest BCUT2D eigenvalue weighted by Crippen LogP contribution is 2.62. The molecular formula is C16H21NO4. The molecule has 1 N–H and O–H groups in total. The van der Waals surface area contributed by atoms with Gasteiger partial charge in [-0.25, -0.2) is 0 Å². The molecule has 5 atom stereocenters. The summed E-state index contributed by atoms with van der Waals surface area (Å²) in [6, 6.07) is 2.17. The molecule has 0 spiro atoms. The van der Waals surface area contributed by atoms with Crippen LogP contribution in [0, 0.1) is 34.0 Å². The summed E-state index contributed by atoms with van der Waals surface area (Å²) in [4.78, 5) is 12.0. The second kappa shape index (κ2) is 4.16. The van der Waals surface area contributed by atoms with Crippen molar-refractivity contribution in [3.05, 3.63) is 11.5 Å². The van der Waals surface area contributed by atoms with Gasteiger partial charge in [0, 0.05) is 17.4 Å². The maximum Gasteiger partial charge on any atom is 0.327 e. The van der Waals surface area contributed by atoms with E-state index in [1.807, 2.05) is 27.7 Å². The molecule has 0 aromatic rings. The molecule has 2 saturated carbocycles. The van der Waals surface area contributed by atoms with Crippen molar-refractivity contribution < 1.29 is 19.4 Å². The second-order valence-corrected chi connectivity index (χ2v) is 7.52. The van der Waals surface area contributed by atoms with Gasteiger partial charge in [-0.1, -0.05) is 20.8 Å². The smallest absolute Gasteiger partial charge is 0.327 e. The molecule has 3 aliphatic rings. The number of nitriles is 1. The quantitative estimate of drug-likeness (QED) is 0.625. The van der Waals surface area contributed by atoms with Crippen LogP contribution in [0.5, 0.6) is 0 Å². The Morgan fingerprint density at radius 2 is 2.19 bits per heavy atom. The lowest BCUT2D eigenvalue weighted by atomic mass is 9.74. The van der Waals surface area contributed by atoms with Crippen LogP contribution in [0.15, 0.2) is 11.5 Å². The second-order valence-electron chi connectivity index (χ2n) is 7.52. The minimum atomic E-state index is -0.965. The molecule has 5 unspecified atom stereocenters. The molecule has 114 valence electrons. The number of hydrogen-bond donors (Lipinski definition) is 1. The molecule has 1 aliphatic heterocycles. The first-order chi connectivity index (χ1) is 9.70. The van der Waals surface area contributed by atoms with Crippen LogP contribution in [0.1, 0.15) is 40.5 Å². The van der Waals surface area contributed by atoms with Crippen LogP contribution in [0.2, 0.25) is 0 Å². The van der Waals surface area contributed by atoms with Gasteiger partial charge in [0.25, 0.3) is 5.95 Å². The van der Waals surface area contributed by atoms with E-state index in [2.05, 4.69) is 6.07 Å². The number of carbonyl (C=O) groups is 1. The highest BCUT2D eigenvalue weighted by atomic mass is 16.6. The van der Waals surface area contributed by atoms with Crippen LogP contribution in [0.3, 0.4) is 0 Å². The zero-order chi connectivity index (χ0) is 15.6. The van der Waals surface area contributed by atoms with E-state index in [1.165, 1.54) is 0 Å². The maximum atomic E-state index is 12.0. The molecule has 0 aromatic heterocycles. The van der Waals surface area contributed by atoms with Gasteiger partial charge in [-0.3, -0.25) is 4.79 Å². The molecule has 0 amide bonds. The van der Waals surface area contributed by atoms with E-state index in [0.717, 1.165) is 12.0 Å². The van der Waals surface area contributed by atoms with Gasteiger partial charge in [-0.05, 0) is 25.2 Å². The van der Waals surface area contributed by atoms with Gasteiger partial charge in [0.05, 0.1) is 6.07 Å². The van der Waals surface area contributed by atoms with Crippen molar-refractivity contribution in [1.82, 2.24) is 0 Å². The van der Waals surface area contributed by atoms with Gasteiger partial charge in [-0.2, -0.15) is 5.26 Å². The Labute approximate surface area is 124 Å². The average Bonchev–Trinajstić information content (AvgIpc) is 2.98. The Morgan fingerprint density at radius 1 is 1.52 bits per heavy atom. The minimum Gasteiger partial charge on any atom is -0.481 e. The topological polar surface area (TPSA) is 79.5 Å². The van der Waals surface area contributed by atoms with Gasteiger partial charge in [-0.15, -0.1) is 0 Å². The van der Waals surface area contributed by atoms with E-state index >= 15 is 0 Å². The van der Waals surface area contributed by atoms with Crippen molar-refractivity contribution in [3.63, 3.8) is 0 Å². The Balaban J connectivity index is 1.83. The molecule has 2 aliphatic carbocycles. The number of hydrogen-bond acceptors (Lipinski definition) is 5. The number of fused-ring (bicyclic) bond motifs is 1. The van der Waals surface area contributed by atoms with E-state index in [1.54, 1.807) is 0 Å². The van der Waals surface area contributed by atoms with E-state index in [4.69, 9.17) is 9.47 Å². The summed E-state index contributed by atoms with van der Waals surface area (Å²) in [5.41, 5.74) is -0.390. The third-order valence-electron chi connectivity index (χ3n) is 5.46. The monoisotopic (exact) mass is 291 g/mol. The molecule has 1 heterocycles. The lowest BCUT2D eigenvalue weighted by Gasteiger charge is -2.29. The molecule has 3 rings (SSSR count). The first-order valence-electron chi connectivity index (χ1n) is 7.40. The Morgan fingerprint density at radius 3 is 2.76 bits per heavy atom. The third kappa shape index (κ3) is 1.78. The number of carbonyl (C=O) groups excluding carboxylic acids is 1. The summed E-state index contributed by atoms with van der Waals surface area (Å²) in [5.74, 6) is -0.482. The third-order valence-corrected chi connectivity index (χ3v) is 5.46. The van der Waals surface area contributed by atoms with Crippen LogP contribution < -0.4 is 0 Å². The highest BCUT2D eigenvalue weighted by Gasteiger charge is 2.72. The Hall–Kier alpha value is -1.70. The van der Waals surface area contributed by atoms with E-state index in [-0.39, 0.29) is 29.3 Å². The molecule has 0 aromatic carbocycles. The maximum absolute atomic E-state index is 12.0. The fraction of sp³-hybridized carbons (Fsp3) is 0.750. The molecule has 0 radical (unpaired) electrons. The fourth-order valence-electron chi connectivity index (χ4n) is 3.83. The van der Waals surface area contributed by atoms with Crippen molar-refractivity contribution in [1.29, 1.82) is 5.26 Å². The summed E-state index contributed by atoms with van der Waals surface area (Å²) < 4.78 is 11.1. The summed E-state index contributed by atoms with van der Waals surface area (Å²) in [6.07, 6.45) is 0.512. The van der Waals surface area contributed by atoms with Crippen molar-refractivity contribution in [2.75, 3.05) is 0 Å². The molecule has 21 heavy (non-hydrogen) atoms. The first-order valence-corrected chi connectivity index (χ1v) is 7.40. The number of aliphatic hydroxyl groups is 1. The molecule has 2 bridgehead atoms. The first kappa shape index (κ1) is 14.2. The molecule has 5 nitrogen and oxygen atoms in total. The van der Waals surface area contributed by atoms with Crippen LogP contribution in [0.25, 0.3) is 0 Å². The summed E-state index contributed by atoms with van der Waals surface area (Å²) in [7, 11) is 0. The van der Waals surface area contributed by atoms with E-state index in [9.17, 15) is 15.2 Å². The van der Waals surface area contributed by atoms with Crippen molar-refractivity contribution >= 4 is 5.97 Å². The predicted molar refractivity (Wildman–Crippen MR) is 73.8 cm³/mol. The van der Waals surface area contributed by atoms with Crippen LogP contribution >= 0.6 is 0 Å². The summed E-state index contributed by atoms with van der Waals surface area (Å²) in [6.45, 7) is 7.83. The number of esters is 1. The fourth-order valence-corrected chi connectivity index (χ4v) is 3.83. The molecule has 5 heteroatoms. The van der Waals surface area contributed by atoms with Crippen LogP contribution in [-0.2, 0) is 14.3 Å². The lowest BCUT2D eigenvalue weighted by molar-refractivity contribution is -0.149. The Bertz CT molecular complexity index is 568. The Kier molecular flexibility index (Phi) is 2.82. The SMILES string of the molecule is CC(=C(O)OC1C2CC3C1OC(=O)C3(C#N)C2)C(C)(C)C. The van der Waals surface area contributed by atoms with Crippen LogP contribution in [-0.4, -0.2) is 23.3 Å². The lowest BCUT2D eigenvalue weighted by Crippen LogP contribution is -2.38. The number of nitrogens with zero attached hydrogens (tertiary/aromatic N) is 1. The van der Waals surface area contributed by atoms with E-state index < -0.39 is 17.5 Å². The number of rotatable bonds is 2. The molecule has 1 saturated heterocycles. The number of aliphatic hydroxyl groups excluding tert-OH is 1. The zero-order valence-corrected chi connectivity index (χ0v) is 12.8. The zero-order valence-electron chi connectivity index (χ0n) is 12.8. The van der Waals surface area contributed by atoms with Gasteiger partial charge >= 0.3 is 5.97 Å². The molecular weight excluding hydrogens is 270 g/mol. The predicted octanol–water partition coefficient (Wildman–Crippen LogP) is 2.68. The van der Waals surface area contributed by atoms with Gasteiger partial charge in [0.1, 0.15) is 12.2 Å². The number of ether oxygens (including phenoxy) is 2. The highest BCUT2D eigenvalue weighted by molar-refractivity contribution is 5.84. The van der Waals surface area contributed by atoms with Crippen molar-refractivity contribution in [3.8, 4) is 6.07 Å². The average molecular weight is 291 g/mol. The van der Waals surface area contributed by atoms with Gasteiger partial charge < -0.3 is 14.6 Å².